The highest BCUT2D eigenvalue weighted by Crippen LogP contribution is 2.62. The Balaban J connectivity index is 1.18. The predicted molar refractivity (Wildman–Crippen MR) is 312 cm³/mol. The molecule has 6 aromatic rings. The van der Waals surface area contributed by atoms with Gasteiger partial charge < -0.3 is 9.80 Å². The van der Waals surface area contributed by atoms with Gasteiger partial charge in [0.2, 0.25) is 6.71 Å². The number of allylic oxidation sites excluding steroid dienone is 4. The van der Waals surface area contributed by atoms with Crippen LogP contribution in [0.25, 0.3) is 20.2 Å². The van der Waals surface area contributed by atoms with Gasteiger partial charge in [-0.2, -0.15) is 0 Å². The van der Waals surface area contributed by atoms with Crippen LogP contribution < -0.4 is 20.7 Å². The molecule has 0 saturated heterocycles. The third kappa shape index (κ3) is 6.58. The Morgan fingerprint density at radius 2 is 1.08 bits per heavy atom. The number of thiophene rings is 1. The second kappa shape index (κ2) is 14.7. The molecule has 7 aliphatic rings. The molecule has 71 heavy (non-hydrogen) atoms. The molecule has 13 rings (SSSR count). The molecule has 364 valence electrons. The van der Waals surface area contributed by atoms with Crippen LogP contribution in [0.2, 0.25) is 0 Å². The van der Waals surface area contributed by atoms with Crippen LogP contribution in [0.1, 0.15) is 170 Å². The van der Waals surface area contributed by atoms with E-state index in [0.29, 0.717) is 5.25 Å². The summed E-state index contributed by atoms with van der Waals surface area (Å²) in [5.41, 5.74) is 22.5. The maximum absolute atomic E-state index is 2.83. The molecule has 3 aliphatic heterocycles. The molecule has 0 radical (unpaired) electrons. The van der Waals surface area contributed by atoms with Gasteiger partial charge in [0.05, 0.1) is 10.7 Å². The summed E-state index contributed by atoms with van der Waals surface area (Å²) in [7, 11) is 0. The first kappa shape index (κ1) is 46.3. The topological polar surface area (TPSA) is 6.48 Å². The Labute approximate surface area is 434 Å². The van der Waals surface area contributed by atoms with Crippen molar-refractivity contribution in [3.8, 4) is 0 Å². The van der Waals surface area contributed by atoms with Crippen molar-refractivity contribution in [3.05, 3.63) is 147 Å². The maximum atomic E-state index is 2.83. The average Bonchev–Trinajstić information content (AvgIpc) is 3.88. The van der Waals surface area contributed by atoms with E-state index in [9.17, 15) is 0 Å². The van der Waals surface area contributed by atoms with E-state index in [1.807, 2.05) is 11.3 Å². The molecule has 0 amide bonds. The molecule has 0 spiro atoms. The van der Waals surface area contributed by atoms with Crippen LogP contribution in [0, 0.1) is 16.7 Å². The quantitative estimate of drug-likeness (QED) is 0.160. The minimum atomic E-state index is -0.101. The Morgan fingerprint density at radius 1 is 0.521 bits per heavy atom. The van der Waals surface area contributed by atoms with Crippen molar-refractivity contribution in [1.82, 2.24) is 0 Å². The number of nitrogens with zero attached hydrogens (tertiary/aromatic N) is 2. The van der Waals surface area contributed by atoms with Crippen LogP contribution in [0.5, 0.6) is 0 Å². The Kier molecular flexibility index (Phi) is 9.56. The fourth-order valence-electron chi connectivity index (χ4n) is 14.7. The van der Waals surface area contributed by atoms with Crippen molar-refractivity contribution in [1.29, 1.82) is 0 Å². The molecule has 0 bridgehead atoms. The third-order valence-corrected chi connectivity index (χ3v) is 22.0. The lowest BCUT2D eigenvalue weighted by atomic mass is 9.31. The lowest BCUT2D eigenvalue weighted by Crippen LogP contribution is -2.57. The molecule has 4 heterocycles. The van der Waals surface area contributed by atoms with Gasteiger partial charge >= 0.3 is 0 Å². The van der Waals surface area contributed by atoms with Crippen molar-refractivity contribution >= 4 is 89.3 Å². The molecular formula is C66H75BN2S2. The summed E-state index contributed by atoms with van der Waals surface area (Å²) in [5, 5.41) is 4.50. The molecule has 1 saturated carbocycles. The first-order valence-electron chi connectivity index (χ1n) is 27.2. The predicted octanol–water partition coefficient (Wildman–Crippen LogP) is 17.8. The van der Waals surface area contributed by atoms with E-state index in [-0.39, 0.29) is 50.5 Å². The summed E-state index contributed by atoms with van der Waals surface area (Å²) in [6, 6.07) is 34.7. The van der Waals surface area contributed by atoms with Gasteiger partial charge in [0.15, 0.2) is 0 Å². The molecule has 5 aromatic carbocycles. The van der Waals surface area contributed by atoms with Crippen LogP contribution >= 0.6 is 23.1 Å². The molecule has 0 N–H and O–H groups in total. The second-order valence-electron chi connectivity index (χ2n) is 28.0. The molecule has 2 unspecified atom stereocenters. The molecular weight excluding hydrogens is 896 g/mol. The highest BCUT2D eigenvalue weighted by molar-refractivity contribution is 8.04. The van der Waals surface area contributed by atoms with Gasteiger partial charge in [-0.15, -0.1) is 23.1 Å². The molecule has 1 fully saturated rings. The van der Waals surface area contributed by atoms with Crippen LogP contribution in [0.15, 0.2) is 119 Å². The number of hydrogen-bond acceptors (Lipinski definition) is 4. The van der Waals surface area contributed by atoms with Crippen LogP contribution in [0.4, 0.5) is 28.4 Å². The van der Waals surface area contributed by atoms with E-state index in [0.717, 1.165) is 0 Å². The Hall–Kier alpha value is -4.45. The second-order valence-corrected chi connectivity index (χ2v) is 30.3. The highest BCUT2D eigenvalue weighted by Gasteiger charge is 2.55. The van der Waals surface area contributed by atoms with Crippen molar-refractivity contribution in [2.24, 2.45) is 16.7 Å². The van der Waals surface area contributed by atoms with E-state index in [4.69, 9.17) is 0 Å². The highest BCUT2D eigenvalue weighted by atomic mass is 32.2. The number of hydrogen-bond donors (Lipinski definition) is 0. The van der Waals surface area contributed by atoms with E-state index in [1.165, 1.54) is 125 Å². The Morgan fingerprint density at radius 3 is 1.75 bits per heavy atom. The number of anilines is 5. The van der Waals surface area contributed by atoms with Gasteiger partial charge in [0.1, 0.15) is 0 Å². The van der Waals surface area contributed by atoms with Gasteiger partial charge in [0, 0.05) is 54.1 Å². The van der Waals surface area contributed by atoms with E-state index in [2.05, 4.69) is 222 Å². The number of benzene rings is 5. The summed E-state index contributed by atoms with van der Waals surface area (Å²) in [6.45, 7) is 37.5. The standard InChI is InChI=1S/C66H75BN2S2/c1-60(2,3)38-31-51-58-52(32-38)69(49-20-18-22-54-56(49)40-19-16-17-21-53(40)70-54)50-36-46-45(64(10,11)28-29-65(46,12)13)35-48(50)67(58)57-41-34-44-47(66(14,15)30-27-63(44,8)9)37-55(41)71-59(57)68(51)39-23-24-42-43(33-39)62(6,7)26-25-61(42,4)5/h16-24,31-37,41,55H,25-30H2,1-15H3. The van der Waals surface area contributed by atoms with Crippen molar-refractivity contribution in [2.75, 3.05) is 9.80 Å². The van der Waals surface area contributed by atoms with Gasteiger partial charge in [-0.25, -0.2) is 0 Å². The summed E-state index contributed by atoms with van der Waals surface area (Å²) in [5.74, 6) is 0.273. The fraction of sp³-hybridized carbons (Fsp3) is 0.455. The van der Waals surface area contributed by atoms with Gasteiger partial charge in [-0.1, -0.05) is 158 Å². The van der Waals surface area contributed by atoms with Crippen molar-refractivity contribution in [2.45, 2.75) is 175 Å². The monoisotopic (exact) mass is 971 g/mol. The minimum Gasteiger partial charge on any atom is -0.311 e. The zero-order valence-electron chi connectivity index (χ0n) is 45.4. The number of rotatable bonds is 2. The first-order valence-corrected chi connectivity index (χ1v) is 28.9. The minimum absolute atomic E-state index is 0.0522. The van der Waals surface area contributed by atoms with Gasteiger partial charge in [-0.05, 0) is 175 Å². The van der Waals surface area contributed by atoms with Crippen LogP contribution in [0.3, 0.4) is 0 Å². The smallest absolute Gasteiger partial charge is 0.249 e. The van der Waals surface area contributed by atoms with E-state index < -0.39 is 0 Å². The zero-order valence-corrected chi connectivity index (χ0v) is 47.1. The summed E-state index contributed by atoms with van der Waals surface area (Å²) >= 11 is 4.11. The Bertz CT molecular complexity index is 3430. The molecule has 2 atom stereocenters. The first-order chi connectivity index (χ1) is 33.3. The van der Waals surface area contributed by atoms with Gasteiger partial charge in [-0.3, -0.25) is 0 Å². The molecule has 1 aromatic heterocycles. The van der Waals surface area contributed by atoms with Crippen molar-refractivity contribution in [3.63, 3.8) is 0 Å². The third-order valence-electron chi connectivity index (χ3n) is 19.6. The lowest BCUT2D eigenvalue weighted by Gasteiger charge is -2.49. The molecule has 4 aliphatic carbocycles. The fourth-order valence-corrected chi connectivity index (χ4v) is 17.3. The maximum Gasteiger partial charge on any atom is 0.249 e. The average molecular weight is 971 g/mol. The van der Waals surface area contributed by atoms with Crippen LogP contribution in [-0.4, -0.2) is 12.0 Å². The SMILES string of the molecule is CC1(C)CCC(C)(C)C2=CC3C4=C(SC3C=C21)N(c1ccc2c(c1)C(C)(C)CCC2(C)C)c1cc(C(C)(C)C)cc2c1B4c1cc3c(cc1N2c1cccc2sc4ccccc4c12)C(C)(C)CCC3(C)C. The zero-order chi connectivity index (χ0) is 49.9. The number of thioether (sulfide) groups is 1. The summed E-state index contributed by atoms with van der Waals surface area (Å²) < 4.78 is 2.70. The van der Waals surface area contributed by atoms with Gasteiger partial charge in [0.25, 0.3) is 0 Å². The molecule has 5 heteroatoms. The van der Waals surface area contributed by atoms with E-state index in [1.54, 1.807) is 22.2 Å². The summed E-state index contributed by atoms with van der Waals surface area (Å²) in [6.07, 6.45) is 12.8. The normalized spacial score (nSPS) is 24.6. The van der Waals surface area contributed by atoms with E-state index >= 15 is 0 Å². The number of fused-ring (bicyclic) bond motifs is 11. The lowest BCUT2D eigenvalue weighted by molar-refractivity contribution is 0.255. The summed E-state index contributed by atoms with van der Waals surface area (Å²) in [4.78, 5) is 5.60. The molecule has 2 nitrogen and oxygen atoms in total. The van der Waals surface area contributed by atoms with Crippen molar-refractivity contribution < 1.29 is 0 Å². The largest absolute Gasteiger partial charge is 0.311 e. The van der Waals surface area contributed by atoms with Crippen LogP contribution in [-0.2, 0) is 27.1 Å².